The zero-order valence-electron chi connectivity index (χ0n) is 9.77. The van der Waals surface area contributed by atoms with Gasteiger partial charge in [-0.05, 0) is 32.9 Å². The lowest BCUT2D eigenvalue weighted by molar-refractivity contribution is 0.572. The largest absolute Gasteiger partial charge is 0.384 e. The molecular formula is C13H15NOP+. The fraction of sp³-hybridized carbons (Fsp3) is 0.308. The van der Waals surface area contributed by atoms with Crippen LogP contribution in [-0.4, -0.2) is 10.1 Å². The Balaban J connectivity index is 2.66. The summed E-state index contributed by atoms with van der Waals surface area (Å²) in [6.45, 7) is 5.98. The van der Waals surface area contributed by atoms with Crippen molar-refractivity contribution in [2.45, 2.75) is 25.9 Å². The summed E-state index contributed by atoms with van der Waals surface area (Å²) >= 11 is 0. The van der Waals surface area contributed by atoms with Gasteiger partial charge in [0.05, 0.1) is 0 Å². The number of para-hydroxylation sites is 1. The molecule has 2 aromatic rings. The van der Waals surface area contributed by atoms with Crippen molar-refractivity contribution in [3.05, 3.63) is 36.5 Å². The molecule has 0 saturated carbocycles. The van der Waals surface area contributed by atoms with Gasteiger partial charge in [0.2, 0.25) is 5.30 Å². The molecule has 16 heavy (non-hydrogen) atoms. The van der Waals surface area contributed by atoms with Gasteiger partial charge in [-0.2, -0.15) is 0 Å². The molecule has 1 aromatic heterocycles. The van der Waals surface area contributed by atoms with E-state index in [1.54, 1.807) is 6.20 Å². The van der Waals surface area contributed by atoms with Crippen LogP contribution in [0.3, 0.4) is 0 Å². The third-order valence-electron chi connectivity index (χ3n) is 2.44. The first kappa shape index (κ1) is 11.2. The number of benzene rings is 1. The normalized spacial score (nSPS) is 12.8. The first-order valence-electron chi connectivity index (χ1n) is 5.31. The van der Waals surface area contributed by atoms with Crippen LogP contribution in [0.1, 0.15) is 20.8 Å². The van der Waals surface area contributed by atoms with Gasteiger partial charge in [-0.3, -0.25) is 4.98 Å². The monoisotopic (exact) mass is 232 g/mol. The molecule has 2 nitrogen and oxygen atoms in total. The summed E-state index contributed by atoms with van der Waals surface area (Å²) in [7, 11) is -1.43. The highest BCUT2D eigenvalue weighted by Gasteiger charge is 2.38. The summed E-state index contributed by atoms with van der Waals surface area (Å²) in [6, 6.07) is 9.75. The van der Waals surface area contributed by atoms with E-state index < -0.39 is 7.80 Å². The van der Waals surface area contributed by atoms with Crippen molar-refractivity contribution in [2.75, 3.05) is 0 Å². The van der Waals surface area contributed by atoms with Gasteiger partial charge >= 0.3 is 7.80 Å². The van der Waals surface area contributed by atoms with Crippen LogP contribution in [0.25, 0.3) is 10.9 Å². The minimum Gasteiger partial charge on any atom is -0.251 e. The van der Waals surface area contributed by atoms with Crippen LogP contribution in [0.2, 0.25) is 0 Å². The van der Waals surface area contributed by atoms with Gasteiger partial charge in [-0.1, -0.05) is 22.8 Å². The Bertz CT molecular complexity index is 538. The summed E-state index contributed by atoms with van der Waals surface area (Å²) in [5, 5.41) is 1.69. The van der Waals surface area contributed by atoms with E-state index in [1.807, 2.05) is 51.1 Å². The van der Waals surface area contributed by atoms with Crippen LogP contribution in [-0.2, 0) is 4.57 Å². The summed E-state index contributed by atoms with van der Waals surface area (Å²) in [6.07, 6.45) is 1.75. The molecule has 0 amide bonds. The number of aromatic nitrogens is 1. The number of hydrogen-bond donors (Lipinski definition) is 0. The van der Waals surface area contributed by atoms with Gasteiger partial charge in [-0.15, -0.1) is 0 Å². The maximum atomic E-state index is 12.4. The molecule has 0 fully saturated rings. The van der Waals surface area contributed by atoms with Gasteiger partial charge in [-0.25, -0.2) is 0 Å². The van der Waals surface area contributed by atoms with E-state index in [0.29, 0.717) is 0 Å². The third-order valence-corrected chi connectivity index (χ3v) is 4.46. The molecule has 0 aliphatic rings. The topological polar surface area (TPSA) is 30.0 Å². The van der Waals surface area contributed by atoms with Crippen molar-refractivity contribution in [3.8, 4) is 0 Å². The number of rotatable bonds is 1. The summed E-state index contributed by atoms with van der Waals surface area (Å²) in [5.41, 5.74) is 0.862. The Kier molecular flexibility index (Phi) is 2.77. The zero-order chi connectivity index (χ0) is 11.8. The number of fused-ring (bicyclic) bond motifs is 1. The van der Waals surface area contributed by atoms with Crippen LogP contribution in [0.15, 0.2) is 36.5 Å². The molecule has 0 aliphatic carbocycles. The molecule has 0 spiro atoms. The summed E-state index contributed by atoms with van der Waals surface area (Å²) in [4.78, 5) is 4.33. The molecule has 2 rings (SSSR count). The molecule has 1 heterocycles. The predicted octanol–water partition coefficient (Wildman–Crippen LogP) is 3.49. The standard InChI is InChI=1S/C13H15NOP/c1-13(2,3)16(15)11-8-4-6-10-7-5-9-14-12(10)11/h4-9H,1-3H3/q+1. The van der Waals surface area contributed by atoms with Crippen molar-refractivity contribution in [2.24, 2.45) is 0 Å². The molecule has 0 radical (unpaired) electrons. The minimum absolute atomic E-state index is 0.221. The van der Waals surface area contributed by atoms with Crippen LogP contribution >= 0.6 is 7.80 Å². The van der Waals surface area contributed by atoms with Gasteiger partial charge in [0.25, 0.3) is 0 Å². The maximum Gasteiger partial charge on any atom is 0.384 e. The molecular weight excluding hydrogens is 217 g/mol. The summed E-state index contributed by atoms with van der Waals surface area (Å²) in [5.74, 6) is 0. The highest BCUT2D eigenvalue weighted by molar-refractivity contribution is 7.55. The van der Waals surface area contributed by atoms with Gasteiger partial charge in [0.1, 0.15) is 5.52 Å². The molecule has 1 atom stereocenters. The fourth-order valence-electron chi connectivity index (χ4n) is 1.61. The van der Waals surface area contributed by atoms with E-state index in [0.717, 1.165) is 16.2 Å². The molecule has 0 N–H and O–H groups in total. The minimum atomic E-state index is -1.43. The Morgan fingerprint density at radius 3 is 2.50 bits per heavy atom. The molecule has 82 valence electrons. The van der Waals surface area contributed by atoms with Crippen molar-refractivity contribution in [1.82, 2.24) is 4.98 Å². The fourth-order valence-corrected chi connectivity index (χ4v) is 2.94. The van der Waals surface area contributed by atoms with E-state index in [-0.39, 0.29) is 5.16 Å². The second-order valence-electron chi connectivity index (χ2n) is 4.82. The smallest absolute Gasteiger partial charge is 0.251 e. The predicted molar refractivity (Wildman–Crippen MR) is 68.7 cm³/mol. The quantitative estimate of drug-likeness (QED) is 0.704. The first-order chi connectivity index (χ1) is 7.50. The number of pyridine rings is 1. The highest BCUT2D eigenvalue weighted by atomic mass is 31.1. The van der Waals surface area contributed by atoms with E-state index in [1.165, 1.54) is 0 Å². The Morgan fingerprint density at radius 2 is 1.81 bits per heavy atom. The second kappa shape index (κ2) is 3.95. The molecule has 1 aromatic carbocycles. The highest BCUT2D eigenvalue weighted by Crippen LogP contribution is 2.38. The van der Waals surface area contributed by atoms with Crippen molar-refractivity contribution in [3.63, 3.8) is 0 Å². The second-order valence-corrected chi connectivity index (χ2v) is 7.23. The van der Waals surface area contributed by atoms with Gasteiger partial charge < -0.3 is 0 Å². The number of nitrogens with zero attached hydrogens (tertiary/aromatic N) is 1. The first-order valence-corrected chi connectivity index (χ1v) is 6.57. The average molecular weight is 232 g/mol. The third kappa shape index (κ3) is 1.98. The Morgan fingerprint density at radius 1 is 1.12 bits per heavy atom. The summed E-state index contributed by atoms with van der Waals surface area (Å²) < 4.78 is 12.4. The number of hydrogen-bond acceptors (Lipinski definition) is 2. The lowest BCUT2D eigenvalue weighted by Gasteiger charge is -2.05. The average Bonchev–Trinajstić information content (AvgIpc) is 2.26. The van der Waals surface area contributed by atoms with Gasteiger partial charge in [0.15, 0.2) is 5.16 Å². The van der Waals surface area contributed by atoms with Crippen molar-refractivity contribution < 1.29 is 4.57 Å². The van der Waals surface area contributed by atoms with Crippen LogP contribution < -0.4 is 5.30 Å². The van der Waals surface area contributed by atoms with Crippen LogP contribution in [0.5, 0.6) is 0 Å². The van der Waals surface area contributed by atoms with E-state index in [9.17, 15) is 4.57 Å². The van der Waals surface area contributed by atoms with Gasteiger partial charge in [0, 0.05) is 11.6 Å². The van der Waals surface area contributed by atoms with Crippen LogP contribution in [0.4, 0.5) is 0 Å². The molecule has 3 heteroatoms. The van der Waals surface area contributed by atoms with Crippen LogP contribution in [0, 0.1) is 0 Å². The molecule has 0 aliphatic heterocycles. The van der Waals surface area contributed by atoms with E-state index in [2.05, 4.69) is 4.98 Å². The Labute approximate surface area is 96.5 Å². The SMILES string of the molecule is CC(C)(C)[P+](=O)c1cccc2cccnc12. The molecule has 0 saturated heterocycles. The van der Waals surface area contributed by atoms with E-state index >= 15 is 0 Å². The molecule has 1 unspecified atom stereocenters. The maximum absolute atomic E-state index is 12.4. The van der Waals surface area contributed by atoms with Crippen molar-refractivity contribution >= 4 is 24.0 Å². The lowest BCUT2D eigenvalue weighted by Crippen LogP contribution is -2.15. The van der Waals surface area contributed by atoms with Crippen molar-refractivity contribution in [1.29, 1.82) is 0 Å². The van der Waals surface area contributed by atoms with E-state index in [4.69, 9.17) is 0 Å². The zero-order valence-corrected chi connectivity index (χ0v) is 10.7. The lowest BCUT2D eigenvalue weighted by atomic mass is 10.2. The Hall–Kier alpha value is -1.27. The molecule has 0 bridgehead atoms.